The Labute approximate surface area is 86.2 Å². The Bertz CT molecular complexity index is 176. The molecule has 1 saturated heterocycles. The Morgan fingerprint density at radius 1 is 1.21 bits per heavy atom. The minimum atomic E-state index is 0.0123. The standard InChI is InChI=1S/C11H21NO2/c1-8-4-9(2)6-12-11(13)7-14-10(3)5-8/h8-10H,4-7H2,1-3H3,(H,12,13)/t8?,9-,10?/m0/s1. The lowest BCUT2D eigenvalue weighted by atomic mass is 9.92. The molecule has 0 aromatic rings. The van der Waals surface area contributed by atoms with Gasteiger partial charge in [0, 0.05) is 6.54 Å². The zero-order valence-electron chi connectivity index (χ0n) is 9.38. The van der Waals surface area contributed by atoms with Crippen molar-refractivity contribution >= 4 is 5.91 Å². The monoisotopic (exact) mass is 199 g/mol. The predicted molar refractivity (Wildman–Crippen MR) is 56.0 cm³/mol. The number of ether oxygens (including phenoxy) is 1. The topological polar surface area (TPSA) is 38.3 Å². The van der Waals surface area contributed by atoms with Gasteiger partial charge in [-0.2, -0.15) is 0 Å². The number of carbonyl (C=O) groups is 1. The van der Waals surface area contributed by atoms with Crippen molar-refractivity contribution in [2.75, 3.05) is 13.2 Å². The molecule has 0 bridgehead atoms. The molecule has 3 atom stereocenters. The van der Waals surface area contributed by atoms with E-state index in [9.17, 15) is 4.79 Å². The summed E-state index contributed by atoms with van der Waals surface area (Å²) in [6, 6.07) is 0. The molecule has 1 aliphatic rings. The number of hydrogen-bond acceptors (Lipinski definition) is 2. The number of rotatable bonds is 0. The number of nitrogens with one attached hydrogen (secondary N) is 1. The van der Waals surface area contributed by atoms with Crippen LogP contribution in [0.5, 0.6) is 0 Å². The molecule has 0 spiro atoms. The second-order valence-corrected chi connectivity index (χ2v) is 4.61. The van der Waals surface area contributed by atoms with Crippen LogP contribution in [0, 0.1) is 11.8 Å². The Morgan fingerprint density at radius 2 is 1.93 bits per heavy atom. The molecule has 3 nitrogen and oxygen atoms in total. The van der Waals surface area contributed by atoms with Crippen LogP contribution in [0.2, 0.25) is 0 Å². The molecule has 0 saturated carbocycles. The van der Waals surface area contributed by atoms with Gasteiger partial charge in [0.25, 0.3) is 0 Å². The third-order valence-electron chi connectivity index (χ3n) is 2.69. The molecule has 14 heavy (non-hydrogen) atoms. The third-order valence-corrected chi connectivity index (χ3v) is 2.69. The van der Waals surface area contributed by atoms with E-state index in [4.69, 9.17) is 4.74 Å². The van der Waals surface area contributed by atoms with E-state index in [1.807, 2.05) is 6.92 Å². The highest BCUT2D eigenvalue weighted by Gasteiger charge is 2.16. The summed E-state index contributed by atoms with van der Waals surface area (Å²) >= 11 is 0. The van der Waals surface area contributed by atoms with Gasteiger partial charge in [0.15, 0.2) is 0 Å². The van der Waals surface area contributed by atoms with Crippen molar-refractivity contribution in [3.05, 3.63) is 0 Å². The molecule has 3 heteroatoms. The van der Waals surface area contributed by atoms with Crippen molar-refractivity contribution < 1.29 is 9.53 Å². The molecule has 1 rings (SSSR count). The summed E-state index contributed by atoms with van der Waals surface area (Å²) in [5, 5.41) is 2.88. The Balaban J connectivity index is 2.47. The average Bonchev–Trinajstić information content (AvgIpc) is 2.10. The van der Waals surface area contributed by atoms with Gasteiger partial charge in [-0.3, -0.25) is 4.79 Å². The van der Waals surface area contributed by atoms with Crippen molar-refractivity contribution in [1.29, 1.82) is 0 Å². The van der Waals surface area contributed by atoms with Crippen LogP contribution < -0.4 is 5.32 Å². The van der Waals surface area contributed by atoms with Gasteiger partial charge < -0.3 is 10.1 Å². The van der Waals surface area contributed by atoms with Crippen molar-refractivity contribution in [1.82, 2.24) is 5.32 Å². The molecule has 1 aliphatic heterocycles. The third kappa shape index (κ3) is 4.09. The van der Waals surface area contributed by atoms with Crippen molar-refractivity contribution in [3.63, 3.8) is 0 Å². The first-order valence-electron chi connectivity index (χ1n) is 5.46. The lowest BCUT2D eigenvalue weighted by Gasteiger charge is -2.23. The van der Waals surface area contributed by atoms with E-state index in [1.165, 1.54) is 0 Å². The van der Waals surface area contributed by atoms with E-state index in [1.54, 1.807) is 0 Å². The largest absolute Gasteiger partial charge is 0.369 e. The smallest absolute Gasteiger partial charge is 0.246 e. The number of hydrogen-bond donors (Lipinski definition) is 1. The van der Waals surface area contributed by atoms with Gasteiger partial charge in [0.1, 0.15) is 6.61 Å². The second-order valence-electron chi connectivity index (χ2n) is 4.61. The average molecular weight is 199 g/mol. The summed E-state index contributed by atoms with van der Waals surface area (Å²) in [5.41, 5.74) is 0. The van der Waals surface area contributed by atoms with Crippen LogP contribution in [0.3, 0.4) is 0 Å². The molecule has 82 valence electrons. The zero-order chi connectivity index (χ0) is 10.6. The minimum absolute atomic E-state index is 0.0123. The fourth-order valence-corrected chi connectivity index (χ4v) is 2.06. The van der Waals surface area contributed by atoms with Crippen LogP contribution in [0.1, 0.15) is 33.6 Å². The first-order chi connectivity index (χ1) is 6.58. The number of amides is 1. The summed E-state index contributed by atoms with van der Waals surface area (Å²) < 4.78 is 5.42. The van der Waals surface area contributed by atoms with Crippen LogP contribution in [0.4, 0.5) is 0 Å². The van der Waals surface area contributed by atoms with E-state index >= 15 is 0 Å². The Hall–Kier alpha value is -0.570. The molecule has 1 amide bonds. The van der Waals surface area contributed by atoms with Gasteiger partial charge in [-0.15, -0.1) is 0 Å². The van der Waals surface area contributed by atoms with Gasteiger partial charge in [0.2, 0.25) is 5.91 Å². The van der Waals surface area contributed by atoms with Crippen LogP contribution in [0.25, 0.3) is 0 Å². The van der Waals surface area contributed by atoms with Crippen molar-refractivity contribution in [3.8, 4) is 0 Å². The zero-order valence-corrected chi connectivity index (χ0v) is 9.38. The quantitative estimate of drug-likeness (QED) is 0.643. The van der Waals surface area contributed by atoms with Gasteiger partial charge in [-0.25, -0.2) is 0 Å². The van der Waals surface area contributed by atoms with Crippen LogP contribution in [-0.2, 0) is 9.53 Å². The molecule has 0 aromatic carbocycles. The Kier molecular flexibility index (Phi) is 4.39. The van der Waals surface area contributed by atoms with E-state index in [2.05, 4.69) is 19.2 Å². The summed E-state index contributed by atoms with van der Waals surface area (Å²) in [7, 11) is 0. The molecule has 0 radical (unpaired) electrons. The van der Waals surface area contributed by atoms with Gasteiger partial charge >= 0.3 is 0 Å². The Morgan fingerprint density at radius 3 is 2.64 bits per heavy atom. The maximum absolute atomic E-state index is 11.2. The first kappa shape index (κ1) is 11.5. The lowest BCUT2D eigenvalue weighted by Crippen LogP contribution is -2.34. The number of carbonyl (C=O) groups excluding carboxylic acids is 1. The molecular weight excluding hydrogens is 178 g/mol. The minimum Gasteiger partial charge on any atom is -0.369 e. The highest BCUT2D eigenvalue weighted by atomic mass is 16.5. The highest BCUT2D eigenvalue weighted by Crippen LogP contribution is 2.18. The normalized spacial score (nSPS) is 36.2. The highest BCUT2D eigenvalue weighted by molar-refractivity contribution is 5.77. The second kappa shape index (κ2) is 5.35. The summed E-state index contributed by atoms with van der Waals surface area (Å²) in [4.78, 5) is 11.2. The first-order valence-corrected chi connectivity index (χ1v) is 5.46. The fraction of sp³-hybridized carbons (Fsp3) is 0.909. The van der Waals surface area contributed by atoms with E-state index in [-0.39, 0.29) is 18.6 Å². The van der Waals surface area contributed by atoms with E-state index in [0.29, 0.717) is 11.8 Å². The van der Waals surface area contributed by atoms with Crippen LogP contribution in [0.15, 0.2) is 0 Å². The maximum atomic E-state index is 11.2. The fourth-order valence-electron chi connectivity index (χ4n) is 2.06. The molecule has 2 unspecified atom stereocenters. The summed E-state index contributed by atoms with van der Waals surface area (Å²) in [5.74, 6) is 1.26. The van der Waals surface area contributed by atoms with Gasteiger partial charge in [0.05, 0.1) is 6.10 Å². The molecule has 0 aliphatic carbocycles. The summed E-state index contributed by atoms with van der Waals surface area (Å²) in [6.07, 6.45) is 2.41. The molecule has 0 aromatic heterocycles. The summed E-state index contributed by atoms with van der Waals surface area (Å²) in [6.45, 7) is 7.46. The van der Waals surface area contributed by atoms with Crippen molar-refractivity contribution in [2.24, 2.45) is 11.8 Å². The molecular formula is C11H21NO2. The van der Waals surface area contributed by atoms with Gasteiger partial charge in [-0.1, -0.05) is 13.8 Å². The molecule has 1 heterocycles. The van der Waals surface area contributed by atoms with Crippen molar-refractivity contribution in [2.45, 2.75) is 39.7 Å². The lowest BCUT2D eigenvalue weighted by molar-refractivity contribution is -0.128. The molecule has 1 N–H and O–H groups in total. The van der Waals surface area contributed by atoms with E-state index < -0.39 is 0 Å². The van der Waals surface area contributed by atoms with E-state index in [0.717, 1.165) is 19.4 Å². The molecule has 1 fully saturated rings. The van der Waals surface area contributed by atoms with Crippen LogP contribution in [-0.4, -0.2) is 25.2 Å². The predicted octanol–water partition coefficient (Wildman–Crippen LogP) is 1.57. The SMILES string of the molecule is CC1CC(C)OCC(=O)NC[C@@H](C)C1. The maximum Gasteiger partial charge on any atom is 0.246 e. The van der Waals surface area contributed by atoms with Crippen LogP contribution >= 0.6 is 0 Å². The van der Waals surface area contributed by atoms with Gasteiger partial charge in [-0.05, 0) is 31.6 Å².